The van der Waals surface area contributed by atoms with Crippen molar-refractivity contribution >= 4 is 27.2 Å². The lowest BCUT2D eigenvalue weighted by molar-refractivity contribution is -0.384. The Morgan fingerprint density at radius 3 is 2.74 bits per heavy atom. The molecule has 0 aromatic carbocycles. The number of nitrogens with two attached hydrogens (primary N) is 1. The largest absolute Gasteiger partial charge is 0.383 e. The number of sulfone groups is 1. The summed E-state index contributed by atoms with van der Waals surface area (Å²) in [4.78, 5) is 15.9. The lowest BCUT2D eigenvalue weighted by Crippen LogP contribution is -2.33. The average Bonchev–Trinajstić information content (AvgIpc) is 2.68. The lowest BCUT2D eigenvalue weighted by Gasteiger charge is -2.24. The summed E-state index contributed by atoms with van der Waals surface area (Å²) in [7, 11) is -1.36. The standard InChI is InChI=1S/C10H14N4O4S/c1-13(7-2-3-19(17,18)6-7)10-5-8(14(15)16)4-9(11)12-10/h4-5,7H,2-3,6H2,1H3,(H2,11,12). The topological polar surface area (TPSA) is 119 Å². The number of anilines is 2. The highest BCUT2D eigenvalue weighted by Gasteiger charge is 2.31. The van der Waals surface area contributed by atoms with Gasteiger partial charge in [-0.25, -0.2) is 13.4 Å². The van der Waals surface area contributed by atoms with Gasteiger partial charge in [0.1, 0.15) is 11.6 Å². The summed E-state index contributed by atoms with van der Waals surface area (Å²) in [6, 6.07) is 2.24. The van der Waals surface area contributed by atoms with Crippen LogP contribution in [0.5, 0.6) is 0 Å². The summed E-state index contributed by atoms with van der Waals surface area (Å²) in [5.41, 5.74) is 5.37. The van der Waals surface area contributed by atoms with Crippen LogP contribution in [0.15, 0.2) is 12.1 Å². The van der Waals surface area contributed by atoms with Crippen molar-refractivity contribution in [3.8, 4) is 0 Å². The molecule has 8 nitrogen and oxygen atoms in total. The van der Waals surface area contributed by atoms with Crippen LogP contribution in [0.3, 0.4) is 0 Å². The van der Waals surface area contributed by atoms with Crippen LogP contribution in [0.2, 0.25) is 0 Å². The van der Waals surface area contributed by atoms with E-state index in [4.69, 9.17) is 5.73 Å². The van der Waals surface area contributed by atoms with Crippen molar-refractivity contribution in [3.05, 3.63) is 22.2 Å². The summed E-state index contributed by atoms with van der Waals surface area (Å²) in [5.74, 6) is 0.519. The molecule has 1 aromatic rings. The molecule has 1 aliphatic heterocycles. The Balaban J connectivity index is 2.29. The van der Waals surface area contributed by atoms with Gasteiger partial charge in [0.2, 0.25) is 0 Å². The third-order valence-corrected chi connectivity index (χ3v) is 4.90. The maximum Gasteiger partial charge on any atom is 0.276 e. The van der Waals surface area contributed by atoms with Gasteiger partial charge >= 0.3 is 0 Å². The number of hydrogen-bond donors (Lipinski definition) is 1. The summed E-state index contributed by atoms with van der Waals surface area (Å²) in [6.45, 7) is 0. The summed E-state index contributed by atoms with van der Waals surface area (Å²) in [6.07, 6.45) is 0.489. The van der Waals surface area contributed by atoms with Gasteiger partial charge in [0, 0.05) is 13.1 Å². The minimum Gasteiger partial charge on any atom is -0.383 e. The first-order valence-electron chi connectivity index (χ1n) is 5.64. The Labute approximate surface area is 110 Å². The Morgan fingerprint density at radius 1 is 1.53 bits per heavy atom. The maximum absolute atomic E-state index is 11.4. The quantitative estimate of drug-likeness (QED) is 0.622. The van der Waals surface area contributed by atoms with E-state index in [1.807, 2.05) is 0 Å². The SMILES string of the molecule is CN(c1cc([N+](=O)[O-])cc(N)n1)C1CCS(=O)(=O)C1. The Morgan fingerprint density at radius 2 is 2.21 bits per heavy atom. The van der Waals surface area contributed by atoms with Crippen molar-refractivity contribution in [3.63, 3.8) is 0 Å². The predicted octanol–water partition coefficient (Wildman–Crippen LogP) is 0.195. The van der Waals surface area contributed by atoms with Gasteiger partial charge < -0.3 is 10.6 Å². The van der Waals surface area contributed by atoms with Crippen molar-refractivity contribution in [2.75, 3.05) is 29.2 Å². The fraction of sp³-hybridized carbons (Fsp3) is 0.500. The van der Waals surface area contributed by atoms with Gasteiger partial charge in [0.25, 0.3) is 5.69 Å². The Hall–Kier alpha value is -1.90. The number of rotatable bonds is 3. The number of hydrogen-bond acceptors (Lipinski definition) is 7. The number of nitro groups is 1. The van der Waals surface area contributed by atoms with E-state index >= 15 is 0 Å². The maximum atomic E-state index is 11.4. The van der Waals surface area contributed by atoms with E-state index in [2.05, 4.69) is 4.98 Å². The monoisotopic (exact) mass is 286 g/mol. The van der Waals surface area contributed by atoms with Crippen molar-refractivity contribution in [2.45, 2.75) is 12.5 Å². The molecular formula is C10H14N4O4S. The first-order valence-corrected chi connectivity index (χ1v) is 7.46. The highest BCUT2D eigenvalue weighted by molar-refractivity contribution is 7.91. The fourth-order valence-electron chi connectivity index (χ4n) is 2.08. The molecule has 2 rings (SSSR count). The molecule has 0 radical (unpaired) electrons. The van der Waals surface area contributed by atoms with Crippen molar-refractivity contribution < 1.29 is 13.3 Å². The van der Waals surface area contributed by atoms with Crippen LogP contribution in [0.1, 0.15) is 6.42 Å². The number of pyridine rings is 1. The first kappa shape index (κ1) is 13.5. The van der Waals surface area contributed by atoms with Crippen LogP contribution in [0.4, 0.5) is 17.3 Å². The molecule has 1 unspecified atom stereocenters. The third-order valence-electron chi connectivity index (χ3n) is 3.14. The molecule has 0 amide bonds. The van der Waals surface area contributed by atoms with E-state index < -0.39 is 14.8 Å². The average molecular weight is 286 g/mol. The highest BCUT2D eigenvalue weighted by atomic mass is 32.2. The van der Waals surface area contributed by atoms with Gasteiger partial charge in [-0.05, 0) is 6.42 Å². The molecule has 1 atom stereocenters. The second-order valence-electron chi connectivity index (χ2n) is 4.53. The normalized spacial score (nSPS) is 21.2. The zero-order valence-corrected chi connectivity index (χ0v) is 11.1. The van der Waals surface area contributed by atoms with Gasteiger partial charge in [-0.2, -0.15) is 0 Å². The van der Waals surface area contributed by atoms with Gasteiger partial charge in [-0.15, -0.1) is 0 Å². The molecular weight excluding hydrogens is 272 g/mol. The van der Waals surface area contributed by atoms with Gasteiger partial charge in [-0.3, -0.25) is 10.1 Å². The fourth-order valence-corrected chi connectivity index (χ4v) is 3.85. The molecule has 1 fully saturated rings. The molecule has 0 aliphatic carbocycles. The van der Waals surface area contributed by atoms with Crippen LogP contribution >= 0.6 is 0 Å². The van der Waals surface area contributed by atoms with Gasteiger partial charge in [0.15, 0.2) is 9.84 Å². The lowest BCUT2D eigenvalue weighted by atomic mass is 10.2. The Kier molecular flexibility index (Phi) is 3.31. The van der Waals surface area contributed by atoms with Crippen LogP contribution in [-0.4, -0.2) is 42.9 Å². The van der Waals surface area contributed by atoms with Crippen LogP contribution < -0.4 is 10.6 Å². The minimum atomic E-state index is -3.02. The molecule has 2 N–H and O–H groups in total. The molecule has 2 heterocycles. The zero-order chi connectivity index (χ0) is 14.2. The summed E-state index contributed by atoms with van der Waals surface area (Å²) >= 11 is 0. The van der Waals surface area contributed by atoms with Crippen LogP contribution in [0.25, 0.3) is 0 Å². The highest BCUT2D eigenvalue weighted by Crippen LogP contribution is 2.25. The van der Waals surface area contributed by atoms with E-state index in [0.29, 0.717) is 12.2 Å². The molecule has 0 spiro atoms. The van der Waals surface area contributed by atoms with Crippen LogP contribution in [0, 0.1) is 10.1 Å². The van der Waals surface area contributed by atoms with Crippen molar-refractivity contribution in [1.82, 2.24) is 4.98 Å². The third kappa shape index (κ3) is 2.92. The second-order valence-corrected chi connectivity index (χ2v) is 6.76. The van der Waals surface area contributed by atoms with E-state index in [0.717, 1.165) is 0 Å². The summed E-state index contributed by atoms with van der Waals surface area (Å²) < 4.78 is 22.9. The molecule has 1 saturated heterocycles. The van der Waals surface area contributed by atoms with E-state index in [1.165, 1.54) is 12.1 Å². The summed E-state index contributed by atoms with van der Waals surface area (Å²) in [5, 5.41) is 10.8. The molecule has 9 heteroatoms. The van der Waals surface area contributed by atoms with Gasteiger partial charge in [-0.1, -0.05) is 0 Å². The van der Waals surface area contributed by atoms with E-state index in [1.54, 1.807) is 11.9 Å². The second kappa shape index (κ2) is 4.65. The molecule has 1 aromatic heterocycles. The van der Waals surface area contributed by atoms with Crippen molar-refractivity contribution in [2.24, 2.45) is 0 Å². The molecule has 0 saturated carbocycles. The number of aromatic nitrogens is 1. The molecule has 19 heavy (non-hydrogen) atoms. The smallest absolute Gasteiger partial charge is 0.276 e. The van der Waals surface area contributed by atoms with Crippen LogP contribution in [-0.2, 0) is 9.84 Å². The number of nitrogen functional groups attached to an aromatic ring is 1. The molecule has 0 bridgehead atoms. The Bertz CT molecular complexity index is 616. The van der Waals surface area contributed by atoms with E-state index in [-0.39, 0.29) is 29.1 Å². The number of nitrogens with zero attached hydrogens (tertiary/aromatic N) is 3. The predicted molar refractivity (Wildman–Crippen MR) is 70.8 cm³/mol. The van der Waals surface area contributed by atoms with Gasteiger partial charge in [0.05, 0.1) is 28.6 Å². The van der Waals surface area contributed by atoms with Crippen molar-refractivity contribution in [1.29, 1.82) is 0 Å². The van der Waals surface area contributed by atoms with E-state index in [9.17, 15) is 18.5 Å². The first-order chi connectivity index (χ1) is 8.78. The minimum absolute atomic E-state index is 0.0355. The molecule has 1 aliphatic rings. The molecule has 104 valence electrons. The zero-order valence-electron chi connectivity index (χ0n) is 10.3.